The van der Waals surface area contributed by atoms with Gasteiger partial charge in [0.25, 0.3) is 0 Å². The molecule has 1 aliphatic rings. The molecule has 1 amide bonds. The lowest BCUT2D eigenvalue weighted by Crippen LogP contribution is -2.38. The number of aryl methyl sites for hydroxylation is 2. The van der Waals surface area contributed by atoms with Gasteiger partial charge in [-0.15, -0.1) is 0 Å². The Morgan fingerprint density at radius 3 is 3.06 bits per heavy atom. The zero-order valence-corrected chi connectivity index (χ0v) is 10.2. The summed E-state index contributed by atoms with van der Waals surface area (Å²) < 4.78 is 1.86. The van der Waals surface area contributed by atoms with Crippen molar-refractivity contribution in [3.8, 4) is 0 Å². The first-order chi connectivity index (χ1) is 8.11. The lowest BCUT2D eigenvalue weighted by atomic mass is 10.1. The maximum Gasteiger partial charge on any atom is 0.228 e. The summed E-state index contributed by atoms with van der Waals surface area (Å²) in [5, 5.41) is 4.34. The molecule has 0 saturated heterocycles. The van der Waals surface area contributed by atoms with Gasteiger partial charge in [-0.1, -0.05) is 6.92 Å². The molecule has 1 atom stereocenters. The molecule has 0 aromatic carbocycles. The van der Waals surface area contributed by atoms with E-state index in [0.717, 1.165) is 37.3 Å². The van der Waals surface area contributed by atoms with E-state index in [9.17, 15) is 9.59 Å². The summed E-state index contributed by atoms with van der Waals surface area (Å²) in [5.41, 5.74) is 0.920. The van der Waals surface area contributed by atoms with Crippen molar-refractivity contribution in [2.75, 3.05) is 11.4 Å². The molecule has 0 N–H and O–H groups in total. The monoisotopic (exact) mass is 235 g/mol. The number of fused-ring (bicyclic) bond motifs is 1. The summed E-state index contributed by atoms with van der Waals surface area (Å²) in [6, 6.07) is 1.92. The van der Waals surface area contributed by atoms with Crippen molar-refractivity contribution >= 4 is 18.0 Å². The molecule has 0 radical (unpaired) electrons. The van der Waals surface area contributed by atoms with Gasteiger partial charge in [0.1, 0.15) is 12.1 Å². The number of anilines is 1. The molecule has 0 fully saturated rings. The van der Waals surface area contributed by atoms with Crippen molar-refractivity contribution in [1.82, 2.24) is 9.78 Å². The Balaban J connectivity index is 2.17. The molecule has 0 saturated carbocycles. The first-order valence-corrected chi connectivity index (χ1v) is 5.92. The highest BCUT2D eigenvalue weighted by Crippen LogP contribution is 2.22. The lowest BCUT2D eigenvalue weighted by Gasteiger charge is -2.28. The number of aldehydes is 1. The Hall–Kier alpha value is -1.65. The number of amides is 1. The predicted octanol–water partition coefficient (Wildman–Crippen LogP) is 1.15. The van der Waals surface area contributed by atoms with Crippen LogP contribution in [0.25, 0.3) is 0 Å². The van der Waals surface area contributed by atoms with Crippen LogP contribution in [-0.2, 0) is 16.1 Å². The topological polar surface area (TPSA) is 55.2 Å². The molecule has 0 aliphatic carbocycles. The van der Waals surface area contributed by atoms with Crippen LogP contribution in [0.1, 0.15) is 25.5 Å². The maximum atomic E-state index is 12.1. The zero-order valence-electron chi connectivity index (χ0n) is 10.2. The van der Waals surface area contributed by atoms with Crippen molar-refractivity contribution < 1.29 is 9.59 Å². The summed E-state index contributed by atoms with van der Waals surface area (Å²) in [4.78, 5) is 24.4. The van der Waals surface area contributed by atoms with E-state index < -0.39 is 0 Å². The fraction of sp³-hybridized carbons (Fsp3) is 0.583. The molecule has 1 aromatic heterocycles. The highest BCUT2D eigenvalue weighted by molar-refractivity contribution is 5.94. The second-order valence-electron chi connectivity index (χ2n) is 4.58. The van der Waals surface area contributed by atoms with E-state index in [-0.39, 0.29) is 18.2 Å². The Morgan fingerprint density at radius 2 is 2.35 bits per heavy atom. The number of nitrogens with zero attached hydrogens (tertiary/aromatic N) is 3. The number of hydrogen-bond acceptors (Lipinski definition) is 3. The average Bonchev–Trinajstić information content (AvgIpc) is 2.68. The van der Waals surface area contributed by atoms with Crippen molar-refractivity contribution in [1.29, 1.82) is 0 Å². The minimum atomic E-state index is -0.220. The number of aromatic nitrogens is 2. The third-order valence-corrected chi connectivity index (χ3v) is 2.94. The first kappa shape index (κ1) is 11.8. The third kappa shape index (κ3) is 2.38. The van der Waals surface area contributed by atoms with E-state index in [2.05, 4.69) is 5.10 Å². The molecule has 1 aromatic rings. The Bertz CT molecular complexity index is 439. The van der Waals surface area contributed by atoms with E-state index in [4.69, 9.17) is 0 Å². The summed E-state index contributed by atoms with van der Waals surface area (Å²) >= 11 is 0. The van der Waals surface area contributed by atoms with Crippen molar-refractivity contribution in [3.63, 3.8) is 0 Å². The fourth-order valence-electron chi connectivity index (χ4n) is 2.09. The molecule has 0 bridgehead atoms. The van der Waals surface area contributed by atoms with Crippen molar-refractivity contribution in [2.24, 2.45) is 5.92 Å². The van der Waals surface area contributed by atoms with Gasteiger partial charge in [0.05, 0.1) is 5.69 Å². The van der Waals surface area contributed by atoms with Gasteiger partial charge in [-0.05, 0) is 13.3 Å². The van der Waals surface area contributed by atoms with Crippen LogP contribution in [0, 0.1) is 12.8 Å². The molecule has 2 heterocycles. The van der Waals surface area contributed by atoms with Crippen molar-refractivity contribution in [2.45, 2.75) is 33.2 Å². The van der Waals surface area contributed by atoms with Gasteiger partial charge in [0.15, 0.2) is 0 Å². The van der Waals surface area contributed by atoms with Crippen LogP contribution in [0.15, 0.2) is 6.07 Å². The second-order valence-corrected chi connectivity index (χ2v) is 4.58. The molecule has 0 spiro atoms. The summed E-state index contributed by atoms with van der Waals surface area (Å²) in [5.74, 6) is 0.643. The van der Waals surface area contributed by atoms with Gasteiger partial charge in [-0.2, -0.15) is 5.10 Å². The van der Waals surface area contributed by atoms with Crippen molar-refractivity contribution in [3.05, 3.63) is 11.8 Å². The molecule has 1 unspecified atom stereocenters. The van der Waals surface area contributed by atoms with Crippen LogP contribution in [-0.4, -0.2) is 28.5 Å². The van der Waals surface area contributed by atoms with E-state index in [1.165, 1.54) is 0 Å². The first-order valence-electron chi connectivity index (χ1n) is 5.92. The number of rotatable bonds is 3. The molecule has 5 heteroatoms. The molecule has 2 rings (SSSR count). The van der Waals surface area contributed by atoms with Crippen LogP contribution >= 0.6 is 0 Å². The smallest absolute Gasteiger partial charge is 0.228 e. The van der Waals surface area contributed by atoms with Crippen LogP contribution in [0.3, 0.4) is 0 Å². The molecule has 92 valence electrons. The van der Waals surface area contributed by atoms with Gasteiger partial charge in [-0.3, -0.25) is 9.69 Å². The van der Waals surface area contributed by atoms with Crippen LogP contribution in [0.5, 0.6) is 0 Å². The standard InChI is InChI=1S/C12H17N3O2/c1-9(8-16)6-12(17)14-4-3-5-15-11(14)7-10(2)13-15/h7-9H,3-6H2,1-2H3. The minimum Gasteiger partial charge on any atom is -0.303 e. The Labute approximate surface area is 100 Å². The average molecular weight is 235 g/mol. The van der Waals surface area contributed by atoms with Gasteiger partial charge < -0.3 is 4.79 Å². The van der Waals surface area contributed by atoms with Gasteiger partial charge in [-0.25, -0.2) is 4.68 Å². The zero-order chi connectivity index (χ0) is 12.4. The summed E-state index contributed by atoms with van der Waals surface area (Å²) in [7, 11) is 0. The largest absolute Gasteiger partial charge is 0.303 e. The van der Waals surface area contributed by atoms with Crippen LogP contribution in [0.2, 0.25) is 0 Å². The Morgan fingerprint density at radius 1 is 1.59 bits per heavy atom. The Kier molecular flexibility index (Phi) is 3.26. The second kappa shape index (κ2) is 4.69. The SMILES string of the molecule is Cc1cc2n(n1)CCCN2C(=O)CC(C)C=O. The third-order valence-electron chi connectivity index (χ3n) is 2.94. The fourth-order valence-corrected chi connectivity index (χ4v) is 2.09. The highest BCUT2D eigenvalue weighted by atomic mass is 16.2. The normalized spacial score (nSPS) is 16.5. The molecule has 1 aliphatic heterocycles. The van der Waals surface area contributed by atoms with Gasteiger partial charge >= 0.3 is 0 Å². The highest BCUT2D eigenvalue weighted by Gasteiger charge is 2.24. The number of carbonyl (C=O) groups excluding carboxylic acids is 2. The summed E-state index contributed by atoms with van der Waals surface area (Å²) in [6.45, 7) is 5.26. The minimum absolute atomic E-state index is 0.00505. The molecular formula is C12H17N3O2. The van der Waals surface area contributed by atoms with Gasteiger partial charge in [0, 0.05) is 31.5 Å². The molecule has 17 heavy (non-hydrogen) atoms. The van der Waals surface area contributed by atoms with E-state index in [1.54, 1.807) is 11.8 Å². The van der Waals surface area contributed by atoms with E-state index in [1.807, 2.05) is 17.7 Å². The molecular weight excluding hydrogens is 218 g/mol. The van der Waals surface area contributed by atoms with E-state index in [0.29, 0.717) is 0 Å². The lowest BCUT2D eigenvalue weighted by molar-refractivity contribution is -0.122. The number of hydrogen-bond donors (Lipinski definition) is 0. The van der Waals surface area contributed by atoms with E-state index >= 15 is 0 Å². The number of carbonyl (C=O) groups is 2. The molecule has 5 nitrogen and oxygen atoms in total. The maximum absolute atomic E-state index is 12.1. The van der Waals surface area contributed by atoms with Crippen LogP contribution in [0.4, 0.5) is 5.82 Å². The van der Waals surface area contributed by atoms with Gasteiger partial charge in [0.2, 0.25) is 5.91 Å². The predicted molar refractivity (Wildman–Crippen MR) is 63.8 cm³/mol. The summed E-state index contributed by atoms with van der Waals surface area (Å²) in [6.07, 6.45) is 2.01. The van der Waals surface area contributed by atoms with Crippen LogP contribution < -0.4 is 4.90 Å². The quantitative estimate of drug-likeness (QED) is 0.738.